The molecule has 1 N–H and O–H groups in total. The van der Waals surface area contributed by atoms with Crippen LogP contribution in [0.5, 0.6) is 0 Å². The average molecular weight is 475 g/mol. The fourth-order valence-corrected chi connectivity index (χ4v) is 3.97. The van der Waals surface area contributed by atoms with Crippen molar-refractivity contribution in [3.8, 4) is 11.3 Å². The maximum absolute atomic E-state index is 13.2. The van der Waals surface area contributed by atoms with Gasteiger partial charge < -0.3 is 9.15 Å². The summed E-state index contributed by atoms with van der Waals surface area (Å²) in [6, 6.07) is 15.8. The van der Waals surface area contributed by atoms with Gasteiger partial charge in [-0.05, 0) is 86.6 Å². The van der Waals surface area contributed by atoms with Gasteiger partial charge >= 0.3 is 5.97 Å². The molecule has 8 heteroatoms. The number of thiocarbonyl (C=S) groups is 1. The minimum atomic E-state index is -0.590. The minimum Gasteiger partial charge on any atom is -0.462 e. The number of ether oxygens (including phenoxy) is 1. The summed E-state index contributed by atoms with van der Waals surface area (Å²) in [7, 11) is 0. The van der Waals surface area contributed by atoms with Gasteiger partial charge in [0.1, 0.15) is 17.1 Å². The van der Waals surface area contributed by atoms with E-state index in [-0.39, 0.29) is 10.7 Å². The Morgan fingerprint density at radius 2 is 1.74 bits per heavy atom. The smallest absolute Gasteiger partial charge is 0.338 e. The van der Waals surface area contributed by atoms with Gasteiger partial charge in [0.15, 0.2) is 5.11 Å². The molecule has 2 amide bonds. The summed E-state index contributed by atoms with van der Waals surface area (Å²) in [4.78, 5) is 38.9. The van der Waals surface area contributed by atoms with Gasteiger partial charge in [0, 0.05) is 5.56 Å². The van der Waals surface area contributed by atoms with Crippen LogP contribution < -0.4 is 10.2 Å². The van der Waals surface area contributed by atoms with Crippen LogP contribution in [0.15, 0.2) is 64.6 Å². The lowest BCUT2D eigenvalue weighted by Gasteiger charge is -2.29. The van der Waals surface area contributed by atoms with Gasteiger partial charge in [-0.2, -0.15) is 0 Å². The van der Waals surface area contributed by atoms with E-state index >= 15 is 0 Å². The number of carbonyl (C=O) groups excluding carboxylic acids is 3. The van der Waals surface area contributed by atoms with E-state index in [0.29, 0.717) is 29.4 Å². The van der Waals surface area contributed by atoms with Crippen molar-refractivity contribution in [2.45, 2.75) is 20.8 Å². The lowest BCUT2D eigenvalue weighted by atomic mass is 10.1. The number of aryl methyl sites for hydroxylation is 2. The van der Waals surface area contributed by atoms with E-state index in [1.807, 2.05) is 32.0 Å². The molecule has 0 atom stereocenters. The standard InChI is InChI=1S/C26H22N2O5S/c1-4-32-25(31)18-7-5-17(6-8-18)22-10-9-20(33-22)14-21-23(29)27-26(34)28(24(21)30)19-12-15(2)11-16(3)13-19/h5-14H,4H2,1-3H3,(H,27,29,34). The maximum atomic E-state index is 13.2. The number of rotatable bonds is 5. The molecule has 172 valence electrons. The molecule has 34 heavy (non-hydrogen) atoms. The summed E-state index contributed by atoms with van der Waals surface area (Å²) in [6.45, 7) is 5.89. The lowest BCUT2D eigenvalue weighted by Crippen LogP contribution is -2.54. The predicted molar refractivity (Wildman–Crippen MR) is 132 cm³/mol. The van der Waals surface area contributed by atoms with Gasteiger partial charge in [0.05, 0.1) is 17.9 Å². The van der Waals surface area contributed by atoms with Crippen molar-refractivity contribution in [2.24, 2.45) is 0 Å². The number of nitrogens with zero attached hydrogens (tertiary/aromatic N) is 1. The number of hydrogen-bond donors (Lipinski definition) is 1. The second-order valence-corrected chi connectivity index (χ2v) is 8.19. The molecule has 2 aromatic carbocycles. The van der Waals surface area contributed by atoms with Gasteiger partial charge in [0.25, 0.3) is 11.8 Å². The molecular formula is C26H22N2O5S. The van der Waals surface area contributed by atoms with E-state index in [2.05, 4.69) is 5.32 Å². The van der Waals surface area contributed by atoms with Crippen LogP contribution in [0.1, 0.15) is 34.2 Å². The molecule has 3 aromatic rings. The zero-order chi connectivity index (χ0) is 24.4. The summed E-state index contributed by atoms with van der Waals surface area (Å²) in [5.74, 6) is -0.668. The van der Waals surface area contributed by atoms with Crippen LogP contribution in [-0.4, -0.2) is 29.5 Å². The molecule has 0 spiro atoms. The molecule has 1 saturated heterocycles. The first-order valence-electron chi connectivity index (χ1n) is 10.6. The van der Waals surface area contributed by atoms with Crippen LogP contribution in [0.2, 0.25) is 0 Å². The fraction of sp³-hybridized carbons (Fsp3) is 0.154. The first kappa shape index (κ1) is 23.1. The quantitative estimate of drug-likeness (QED) is 0.252. The zero-order valence-corrected chi connectivity index (χ0v) is 19.7. The molecule has 2 heterocycles. The first-order valence-corrected chi connectivity index (χ1v) is 11.0. The van der Waals surface area contributed by atoms with Crippen molar-refractivity contribution < 1.29 is 23.5 Å². The topological polar surface area (TPSA) is 88.9 Å². The second kappa shape index (κ2) is 9.44. The van der Waals surface area contributed by atoms with Crippen molar-refractivity contribution in [1.29, 1.82) is 0 Å². The van der Waals surface area contributed by atoms with Crippen molar-refractivity contribution >= 4 is 46.9 Å². The van der Waals surface area contributed by atoms with E-state index < -0.39 is 17.8 Å². The number of carbonyl (C=O) groups is 3. The van der Waals surface area contributed by atoms with Crippen LogP contribution in [0.25, 0.3) is 17.4 Å². The van der Waals surface area contributed by atoms with Crippen molar-refractivity contribution in [2.75, 3.05) is 11.5 Å². The molecule has 1 aromatic heterocycles. The highest BCUT2D eigenvalue weighted by Gasteiger charge is 2.35. The third-order valence-electron chi connectivity index (χ3n) is 5.16. The molecule has 1 aliphatic rings. The Morgan fingerprint density at radius 1 is 1.06 bits per heavy atom. The van der Waals surface area contributed by atoms with Crippen molar-refractivity contribution in [3.05, 3.63) is 82.6 Å². The fourth-order valence-electron chi connectivity index (χ4n) is 3.68. The molecule has 0 bridgehead atoms. The van der Waals surface area contributed by atoms with Crippen LogP contribution in [0.4, 0.5) is 5.69 Å². The Balaban J connectivity index is 1.61. The van der Waals surface area contributed by atoms with E-state index in [0.717, 1.165) is 16.7 Å². The number of anilines is 1. The number of benzene rings is 2. The molecule has 7 nitrogen and oxygen atoms in total. The number of esters is 1. The Labute approximate surface area is 202 Å². The summed E-state index contributed by atoms with van der Waals surface area (Å²) < 4.78 is 10.8. The monoisotopic (exact) mass is 474 g/mol. The molecule has 0 saturated carbocycles. The van der Waals surface area contributed by atoms with Crippen LogP contribution >= 0.6 is 12.2 Å². The summed E-state index contributed by atoms with van der Waals surface area (Å²) in [6.07, 6.45) is 1.39. The maximum Gasteiger partial charge on any atom is 0.338 e. The molecule has 0 aliphatic carbocycles. The zero-order valence-electron chi connectivity index (χ0n) is 18.9. The molecule has 1 aliphatic heterocycles. The van der Waals surface area contributed by atoms with Gasteiger partial charge in [0.2, 0.25) is 0 Å². The molecule has 4 rings (SSSR count). The third kappa shape index (κ3) is 4.67. The van der Waals surface area contributed by atoms with Crippen LogP contribution in [0.3, 0.4) is 0 Å². The number of furan rings is 1. The largest absolute Gasteiger partial charge is 0.462 e. The lowest BCUT2D eigenvalue weighted by molar-refractivity contribution is -0.122. The Bertz CT molecular complexity index is 1320. The van der Waals surface area contributed by atoms with Gasteiger partial charge in [-0.25, -0.2) is 4.79 Å². The number of hydrogen-bond acceptors (Lipinski definition) is 6. The highest BCUT2D eigenvalue weighted by Crippen LogP contribution is 2.27. The molecule has 0 radical (unpaired) electrons. The summed E-state index contributed by atoms with van der Waals surface area (Å²) in [5.41, 5.74) is 3.60. The average Bonchev–Trinajstić information content (AvgIpc) is 3.25. The van der Waals surface area contributed by atoms with E-state index in [1.165, 1.54) is 11.0 Å². The summed E-state index contributed by atoms with van der Waals surface area (Å²) in [5, 5.41) is 2.60. The Morgan fingerprint density at radius 3 is 2.38 bits per heavy atom. The SMILES string of the molecule is CCOC(=O)c1ccc(-c2ccc(C=C3C(=O)NC(=S)N(c4cc(C)cc(C)c4)C3=O)o2)cc1. The van der Waals surface area contributed by atoms with Gasteiger partial charge in [-0.1, -0.05) is 18.2 Å². The second-order valence-electron chi connectivity index (χ2n) is 7.80. The first-order chi connectivity index (χ1) is 16.3. The van der Waals surface area contributed by atoms with Crippen LogP contribution in [-0.2, 0) is 14.3 Å². The highest BCUT2D eigenvalue weighted by molar-refractivity contribution is 7.80. The van der Waals surface area contributed by atoms with Gasteiger partial charge in [-0.3, -0.25) is 19.8 Å². The van der Waals surface area contributed by atoms with E-state index in [9.17, 15) is 14.4 Å². The van der Waals surface area contributed by atoms with Crippen molar-refractivity contribution in [1.82, 2.24) is 5.32 Å². The molecule has 1 fully saturated rings. The Hall–Kier alpha value is -4.04. The van der Waals surface area contributed by atoms with E-state index in [1.54, 1.807) is 43.3 Å². The minimum absolute atomic E-state index is 0.0268. The number of nitrogens with one attached hydrogen (secondary N) is 1. The normalized spacial score (nSPS) is 15.0. The highest BCUT2D eigenvalue weighted by atomic mass is 32.1. The molecule has 0 unspecified atom stereocenters. The van der Waals surface area contributed by atoms with E-state index in [4.69, 9.17) is 21.4 Å². The molecular weight excluding hydrogens is 452 g/mol. The Kier molecular flexibility index (Phi) is 6.43. The van der Waals surface area contributed by atoms with Crippen LogP contribution in [0, 0.1) is 13.8 Å². The van der Waals surface area contributed by atoms with Gasteiger partial charge in [-0.15, -0.1) is 0 Å². The van der Waals surface area contributed by atoms with Crippen molar-refractivity contribution in [3.63, 3.8) is 0 Å². The third-order valence-corrected chi connectivity index (χ3v) is 5.44. The summed E-state index contributed by atoms with van der Waals surface area (Å²) >= 11 is 5.27. The predicted octanol–water partition coefficient (Wildman–Crippen LogP) is 4.57. The number of amides is 2.